The molecule has 0 saturated heterocycles. The van der Waals surface area contributed by atoms with E-state index in [2.05, 4.69) is 0 Å². The molecule has 0 bridgehead atoms. The molecule has 0 fully saturated rings. The molecule has 1 heterocycles. The van der Waals surface area contributed by atoms with Gasteiger partial charge in [-0.15, -0.1) is 5.06 Å². The van der Waals surface area contributed by atoms with Crippen molar-refractivity contribution >= 4 is 18.6 Å². The summed E-state index contributed by atoms with van der Waals surface area (Å²) in [6.07, 6.45) is 0. The second kappa shape index (κ2) is 3.80. The number of carbonyl (C=O) groups excluding carboxylic acids is 3. The number of carbonyl (C=O) groups is 3. The van der Waals surface area contributed by atoms with E-state index in [1.54, 1.807) is 12.1 Å². The van der Waals surface area contributed by atoms with Gasteiger partial charge < -0.3 is 4.79 Å². The van der Waals surface area contributed by atoms with Crippen LogP contribution in [0.25, 0.3) is 0 Å². The van der Waals surface area contributed by atoms with Gasteiger partial charge in [0.15, 0.2) is 0 Å². The summed E-state index contributed by atoms with van der Waals surface area (Å²) in [6.45, 7) is 2.00. The van der Waals surface area contributed by atoms with Crippen LogP contribution in [0.3, 0.4) is 0 Å². The van der Waals surface area contributed by atoms with Crippen molar-refractivity contribution in [1.82, 2.24) is 5.06 Å². The van der Waals surface area contributed by atoms with E-state index < -0.39 is 11.8 Å². The van der Waals surface area contributed by atoms with Gasteiger partial charge in [-0.1, -0.05) is 12.1 Å². The molecule has 72 valence electrons. The summed E-state index contributed by atoms with van der Waals surface area (Å²) in [7, 11) is 0. The quantitative estimate of drug-likeness (QED) is 0.480. The molecule has 0 aliphatic carbocycles. The van der Waals surface area contributed by atoms with E-state index in [4.69, 9.17) is 10.0 Å². The first-order valence-electron chi connectivity index (χ1n) is 3.67. The number of fused-ring (bicyclic) bond motifs is 1. The Morgan fingerprint density at radius 2 is 1.36 bits per heavy atom. The summed E-state index contributed by atoms with van der Waals surface area (Å²) in [5.74, 6) is -1.31. The van der Waals surface area contributed by atoms with Crippen molar-refractivity contribution in [2.75, 3.05) is 0 Å². The summed E-state index contributed by atoms with van der Waals surface area (Å²) < 4.78 is 0. The van der Waals surface area contributed by atoms with Crippen LogP contribution in [0.15, 0.2) is 24.3 Å². The number of hydroxylamine groups is 2. The van der Waals surface area contributed by atoms with Crippen molar-refractivity contribution in [1.29, 1.82) is 0 Å². The highest BCUT2D eigenvalue weighted by Crippen LogP contribution is 2.19. The number of imide groups is 1. The van der Waals surface area contributed by atoms with Gasteiger partial charge in [-0.05, 0) is 12.1 Å². The number of hydrogen-bond acceptors (Lipinski definition) is 4. The molecule has 1 N–H and O–H groups in total. The molecular weight excluding hydrogens is 186 g/mol. The Labute approximate surface area is 79.5 Å². The van der Waals surface area contributed by atoms with Gasteiger partial charge >= 0.3 is 0 Å². The average molecular weight is 193 g/mol. The van der Waals surface area contributed by atoms with Crippen LogP contribution in [0, 0.1) is 0 Å². The first-order chi connectivity index (χ1) is 6.72. The Morgan fingerprint density at radius 1 is 1.00 bits per heavy atom. The van der Waals surface area contributed by atoms with Crippen molar-refractivity contribution in [3.05, 3.63) is 35.4 Å². The van der Waals surface area contributed by atoms with Gasteiger partial charge in [0.25, 0.3) is 11.8 Å². The molecule has 5 heteroatoms. The van der Waals surface area contributed by atoms with Gasteiger partial charge in [0.05, 0.1) is 11.1 Å². The normalized spacial score (nSPS) is 13.4. The Hall–Kier alpha value is -2.01. The number of benzene rings is 1. The molecule has 2 rings (SSSR count). The van der Waals surface area contributed by atoms with Crippen LogP contribution >= 0.6 is 0 Å². The molecule has 2 amide bonds. The maximum absolute atomic E-state index is 11.1. The lowest BCUT2D eigenvalue weighted by Crippen LogP contribution is -2.25. The fourth-order valence-electron chi connectivity index (χ4n) is 1.18. The molecule has 5 nitrogen and oxygen atoms in total. The van der Waals surface area contributed by atoms with E-state index in [9.17, 15) is 9.59 Å². The largest absolute Gasteiger partial charge is 0.307 e. The highest BCUT2D eigenvalue weighted by molar-refractivity contribution is 6.20. The molecule has 14 heavy (non-hydrogen) atoms. The Morgan fingerprint density at radius 3 is 1.71 bits per heavy atom. The third-order valence-electron chi connectivity index (χ3n) is 1.77. The van der Waals surface area contributed by atoms with Gasteiger partial charge in [0.1, 0.15) is 6.79 Å². The number of nitrogens with zero attached hydrogens (tertiary/aromatic N) is 1. The Balaban J connectivity index is 0.000000461. The average Bonchev–Trinajstić information content (AvgIpc) is 2.48. The first kappa shape index (κ1) is 10.1. The van der Waals surface area contributed by atoms with Crippen LogP contribution in [-0.4, -0.2) is 28.9 Å². The minimum atomic E-state index is -0.657. The molecule has 1 aromatic carbocycles. The molecule has 0 atom stereocenters. The standard InChI is InChI=1S/C8H5NO3.CH2O/c10-7-5-3-1-2-4-6(5)8(11)9(7)12;1-2/h1-4,12H;1H2. The lowest BCUT2D eigenvalue weighted by atomic mass is 10.1. The smallest absolute Gasteiger partial charge is 0.285 e. The topological polar surface area (TPSA) is 74.7 Å². The van der Waals surface area contributed by atoms with E-state index in [0.29, 0.717) is 0 Å². The SMILES string of the molecule is C=O.O=C1c2ccccc2C(=O)N1O. The molecule has 1 aliphatic heterocycles. The zero-order chi connectivity index (χ0) is 10.7. The summed E-state index contributed by atoms with van der Waals surface area (Å²) in [6, 6.07) is 6.30. The van der Waals surface area contributed by atoms with Gasteiger partial charge in [0, 0.05) is 0 Å². The zero-order valence-corrected chi connectivity index (χ0v) is 7.14. The van der Waals surface area contributed by atoms with E-state index in [0.717, 1.165) is 0 Å². The lowest BCUT2D eigenvalue weighted by molar-refractivity contribution is -0.0980. The Bertz CT molecular complexity index is 353. The minimum Gasteiger partial charge on any atom is -0.307 e. The number of hydrogen-bond donors (Lipinski definition) is 1. The van der Waals surface area contributed by atoms with Gasteiger partial charge in [0.2, 0.25) is 0 Å². The van der Waals surface area contributed by atoms with Crippen LogP contribution in [0.2, 0.25) is 0 Å². The highest BCUT2D eigenvalue weighted by atomic mass is 16.5. The number of amides is 2. The van der Waals surface area contributed by atoms with Gasteiger partial charge in [-0.25, -0.2) is 0 Å². The van der Waals surface area contributed by atoms with Crippen LogP contribution in [0.5, 0.6) is 0 Å². The predicted octanol–water partition coefficient (Wildman–Crippen LogP) is 0.487. The summed E-state index contributed by atoms with van der Waals surface area (Å²) in [5, 5.41) is 9.05. The van der Waals surface area contributed by atoms with E-state index >= 15 is 0 Å². The maximum atomic E-state index is 11.1. The van der Waals surface area contributed by atoms with Gasteiger partial charge in [-0.3, -0.25) is 14.8 Å². The summed E-state index contributed by atoms with van der Waals surface area (Å²) >= 11 is 0. The maximum Gasteiger partial charge on any atom is 0.285 e. The summed E-state index contributed by atoms with van der Waals surface area (Å²) in [4.78, 5) is 30.1. The second-order valence-corrected chi connectivity index (χ2v) is 2.47. The van der Waals surface area contributed by atoms with E-state index in [-0.39, 0.29) is 16.2 Å². The fourth-order valence-corrected chi connectivity index (χ4v) is 1.18. The van der Waals surface area contributed by atoms with Crippen molar-refractivity contribution in [3.8, 4) is 0 Å². The lowest BCUT2D eigenvalue weighted by Gasteiger charge is -1.99. The minimum absolute atomic E-state index is 0.130. The van der Waals surface area contributed by atoms with E-state index in [1.165, 1.54) is 12.1 Å². The molecule has 0 radical (unpaired) electrons. The van der Waals surface area contributed by atoms with Crippen molar-refractivity contribution in [2.45, 2.75) is 0 Å². The van der Waals surface area contributed by atoms with Crippen molar-refractivity contribution in [2.24, 2.45) is 0 Å². The van der Waals surface area contributed by atoms with Gasteiger partial charge in [-0.2, -0.15) is 0 Å². The van der Waals surface area contributed by atoms with Crippen LogP contribution in [-0.2, 0) is 4.79 Å². The first-order valence-corrected chi connectivity index (χ1v) is 3.67. The molecule has 0 spiro atoms. The monoisotopic (exact) mass is 193 g/mol. The molecule has 0 unspecified atom stereocenters. The van der Waals surface area contributed by atoms with Crippen molar-refractivity contribution < 1.29 is 19.6 Å². The fraction of sp³-hybridized carbons (Fsp3) is 0. The van der Waals surface area contributed by atoms with Crippen molar-refractivity contribution in [3.63, 3.8) is 0 Å². The van der Waals surface area contributed by atoms with E-state index in [1.807, 2.05) is 6.79 Å². The Kier molecular flexibility index (Phi) is 2.73. The highest BCUT2D eigenvalue weighted by Gasteiger charge is 2.33. The third-order valence-corrected chi connectivity index (χ3v) is 1.77. The zero-order valence-electron chi connectivity index (χ0n) is 7.14. The molecule has 0 aromatic heterocycles. The molecular formula is C9H7NO4. The van der Waals surface area contributed by atoms with Crippen LogP contribution in [0.1, 0.15) is 20.7 Å². The van der Waals surface area contributed by atoms with Crippen LogP contribution in [0.4, 0.5) is 0 Å². The third kappa shape index (κ3) is 1.29. The molecule has 0 saturated carbocycles. The summed E-state index contributed by atoms with van der Waals surface area (Å²) in [5.41, 5.74) is 0.509. The molecule has 1 aliphatic rings. The predicted molar refractivity (Wildman–Crippen MR) is 45.8 cm³/mol. The number of rotatable bonds is 0. The second-order valence-electron chi connectivity index (χ2n) is 2.47. The molecule has 1 aromatic rings. The van der Waals surface area contributed by atoms with Crippen LogP contribution < -0.4 is 0 Å².